The van der Waals surface area contributed by atoms with Gasteiger partial charge in [-0.05, 0) is 204 Å². The molecule has 0 amide bonds. The third-order valence-electron chi connectivity index (χ3n) is 19.7. The molecule has 0 saturated heterocycles. The number of anilines is 5. The van der Waals surface area contributed by atoms with Crippen molar-refractivity contribution in [1.82, 2.24) is 0 Å². The molecular formula is C76H82N2. The zero-order valence-electron chi connectivity index (χ0n) is 48.5. The van der Waals surface area contributed by atoms with Crippen molar-refractivity contribution in [2.75, 3.05) is 9.80 Å². The summed E-state index contributed by atoms with van der Waals surface area (Å²) in [4.78, 5) is 5.30. The van der Waals surface area contributed by atoms with Crippen LogP contribution in [0.4, 0.5) is 28.4 Å². The summed E-state index contributed by atoms with van der Waals surface area (Å²) in [6, 6.07) is 58.1. The van der Waals surface area contributed by atoms with Gasteiger partial charge in [0.2, 0.25) is 0 Å². The van der Waals surface area contributed by atoms with Crippen LogP contribution in [0.2, 0.25) is 0 Å². The molecule has 78 heavy (non-hydrogen) atoms. The molecular weight excluding hydrogens is 941 g/mol. The van der Waals surface area contributed by atoms with E-state index < -0.39 is 0 Å². The van der Waals surface area contributed by atoms with Crippen LogP contribution in [0.25, 0.3) is 43.8 Å². The van der Waals surface area contributed by atoms with Crippen molar-refractivity contribution in [3.05, 3.63) is 208 Å². The lowest BCUT2D eigenvalue weighted by molar-refractivity contribution is 0.445. The lowest BCUT2D eigenvalue weighted by Crippen LogP contribution is -2.31. The summed E-state index contributed by atoms with van der Waals surface area (Å²) in [6.45, 7) is 23.7. The van der Waals surface area contributed by atoms with Crippen molar-refractivity contribution in [3.8, 4) is 22.3 Å². The molecule has 396 valence electrons. The third kappa shape index (κ3) is 8.49. The first kappa shape index (κ1) is 50.8. The Hall–Kier alpha value is -6.64. The summed E-state index contributed by atoms with van der Waals surface area (Å²) in [7, 11) is 0. The van der Waals surface area contributed by atoms with Gasteiger partial charge in [0, 0.05) is 39.3 Å². The van der Waals surface area contributed by atoms with Crippen LogP contribution in [-0.4, -0.2) is 6.04 Å². The Morgan fingerprint density at radius 1 is 0.410 bits per heavy atom. The van der Waals surface area contributed by atoms with E-state index in [4.69, 9.17) is 0 Å². The van der Waals surface area contributed by atoms with Crippen LogP contribution >= 0.6 is 0 Å². The van der Waals surface area contributed by atoms with E-state index in [2.05, 4.69) is 243 Å². The maximum Gasteiger partial charge on any atom is 0.0560 e. The van der Waals surface area contributed by atoms with Gasteiger partial charge in [0.05, 0.1) is 6.04 Å². The van der Waals surface area contributed by atoms with E-state index >= 15 is 0 Å². The predicted octanol–water partition coefficient (Wildman–Crippen LogP) is 21.9. The molecule has 1 unspecified atom stereocenters. The second-order valence-electron chi connectivity index (χ2n) is 27.3. The number of allylic oxidation sites excluding steroid dienone is 2. The molecule has 2 saturated carbocycles. The van der Waals surface area contributed by atoms with Crippen LogP contribution < -0.4 is 9.80 Å². The molecule has 0 heterocycles. The molecule has 8 aromatic rings. The molecule has 0 radical (unpaired) electrons. The first-order valence-corrected chi connectivity index (χ1v) is 30.1. The van der Waals surface area contributed by atoms with E-state index in [0.717, 1.165) is 6.42 Å². The van der Waals surface area contributed by atoms with E-state index in [0.29, 0.717) is 11.8 Å². The lowest BCUT2D eigenvalue weighted by atomic mass is 9.74. The minimum absolute atomic E-state index is 0.0535. The van der Waals surface area contributed by atoms with Gasteiger partial charge in [0.15, 0.2) is 0 Å². The van der Waals surface area contributed by atoms with Gasteiger partial charge in [-0.25, -0.2) is 0 Å². The summed E-state index contributed by atoms with van der Waals surface area (Å²) in [5.41, 5.74) is 23.3. The number of fused-ring (bicyclic) bond motifs is 8. The minimum atomic E-state index is -0.111. The van der Waals surface area contributed by atoms with E-state index in [1.165, 1.54) is 170 Å². The number of rotatable bonds is 8. The van der Waals surface area contributed by atoms with Crippen LogP contribution in [0.1, 0.15) is 191 Å². The molecule has 0 aromatic heterocycles. The summed E-state index contributed by atoms with van der Waals surface area (Å²) < 4.78 is 0. The smallest absolute Gasteiger partial charge is 0.0560 e. The van der Waals surface area contributed by atoms with E-state index in [1.54, 1.807) is 11.1 Å². The zero-order chi connectivity index (χ0) is 53.9. The van der Waals surface area contributed by atoms with Gasteiger partial charge in [-0.15, -0.1) is 0 Å². The van der Waals surface area contributed by atoms with Gasteiger partial charge < -0.3 is 9.80 Å². The number of hydrogen-bond donors (Lipinski definition) is 0. The molecule has 2 nitrogen and oxygen atoms in total. The second-order valence-corrected chi connectivity index (χ2v) is 27.3. The van der Waals surface area contributed by atoms with Crippen molar-refractivity contribution in [2.45, 2.75) is 174 Å². The Bertz CT molecular complexity index is 3700. The van der Waals surface area contributed by atoms with Crippen molar-refractivity contribution in [2.24, 2.45) is 5.41 Å². The number of benzene rings is 8. The average Bonchev–Trinajstić information content (AvgIpc) is 3.90. The Balaban J connectivity index is 1.05. The van der Waals surface area contributed by atoms with Crippen LogP contribution in [0.3, 0.4) is 0 Å². The van der Waals surface area contributed by atoms with Crippen LogP contribution in [0.15, 0.2) is 169 Å². The Morgan fingerprint density at radius 3 is 1.37 bits per heavy atom. The standard InChI is InChI=1S/C76H82N2/c1-73(2,3)51-29-33-53(34-30-51)77(57-37-41-61-59-25-17-19-27-67(59)75(7,8)69(61)47-57)55-39-43-63-65(45-55)72(50-23-15-12-16-24-50)66-46-56(40-44-64(66)71(63)49-21-13-11-14-22-49)78(54-35-31-52(32-36-54)74(4,5)6)58-38-42-62-60-26-18-20-28-68(60)76(9,10)70(62)48-58/h17-20,25-35,37-50,54H,11-16,21-24,36H2,1-10H3. The predicted molar refractivity (Wildman–Crippen MR) is 335 cm³/mol. The van der Waals surface area contributed by atoms with Crippen LogP contribution in [-0.2, 0) is 16.2 Å². The van der Waals surface area contributed by atoms with Gasteiger partial charge in [-0.2, -0.15) is 0 Å². The Morgan fingerprint density at radius 2 is 0.846 bits per heavy atom. The fourth-order valence-corrected chi connectivity index (χ4v) is 15.3. The van der Waals surface area contributed by atoms with E-state index in [1.807, 2.05) is 0 Å². The topological polar surface area (TPSA) is 6.48 Å². The SMILES string of the molecule is CC(C)(C)C1=CCC(N(c2ccc3c(c2)C(C)(C)c2ccccc2-3)c2ccc3c(C4CCCCC4)c4ccc(N(c5ccc(C(C)(C)C)cc5)c5ccc6c(c5)C(C)(C)c5ccccc5-6)cc4c(C4CCCCC4)c3c2)C=C1. The van der Waals surface area contributed by atoms with Crippen molar-refractivity contribution < 1.29 is 0 Å². The lowest BCUT2D eigenvalue weighted by Gasteiger charge is -2.36. The van der Waals surface area contributed by atoms with Gasteiger partial charge in [-0.1, -0.05) is 211 Å². The Labute approximate surface area is 467 Å². The summed E-state index contributed by atoms with van der Waals surface area (Å²) in [5.74, 6) is 1.01. The molecule has 2 fully saturated rings. The first-order chi connectivity index (χ1) is 37.5. The molecule has 0 bridgehead atoms. The zero-order valence-corrected chi connectivity index (χ0v) is 48.5. The van der Waals surface area contributed by atoms with Crippen molar-refractivity contribution in [1.29, 1.82) is 0 Å². The number of nitrogens with zero attached hydrogens (tertiary/aromatic N) is 2. The molecule has 2 heteroatoms. The highest BCUT2D eigenvalue weighted by molar-refractivity contribution is 6.09. The van der Waals surface area contributed by atoms with Crippen LogP contribution in [0.5, 0.6) is 0 Å². The number of hydrogen-bond acceptors (Lipinski definition) is 2. The Kier molecular flexibility index (Phi) is 12.4. The van der Waals surface area contributed by atoms with Crippen LogP contribution in [0, 0.1) is 5.41 Å². The molecule has 0 N–H and O–H groups in total. The van der Waals surface area contributed by atoms with Crippen molar-refractivity contribution in [3.63, 3.8) is 0 Å². The van der Waals surface area contributed by atoms with Gasteiger partial charge >= 0.3 is 0 Å². The molecule has 5 aliphatic rings. The van der Waals surface area contributed by atoms with Crippen molar-refractivity contribution >= 4 is 50.0 Å². The summed E-state index contributed by atoms with van der Waals surface area (Å²) >= 11 is 0. The maximum atomic E-state index is 2.72. The maximum absolute atomic E-state index is 2.72. The molecule has 0 aliphatic heterocycles. The normalized spacial score (nSPS) is 18.8. The molecule has 8 aromatic carbocycles. The van der Waals surface area contributed by atoms with E-state index in [9.17, 15) is 0 Å². The summed E-state index contributed by atoms with van der Waals surface area (Å²) in [5, 5.41) is 5.91. The molecule has 1 atom stereocenters. The largest absolute Gasteiger partial charge is 0.334 e. The fourth-order valence-electron chi connectivity index (χ4n) is 15.3. The van der Waals surface area contributed by atoms with Gasteiger partial charge in [0.25, 0.3) is 0 Å². The highest BCUT2D eigenvalue weighted by Crippen LogP contribution is 2.55. The quantitative estimate of drug-likeness (QED) is 0.140. The third-order valence-corrected chi connectivity index (χ3v) is 19.7. The average molecular weight is 1020 g/mol. The van der Waals surface area contributed by atoms with E-state index in [-0.39, 0.29) is 27.7 Å². The molecule has 0 spiro atoms. The molecule has 13 rings (SSSR count). The monoisotopic (exact) mass is 1020 g/mol. The van der Waals surface area contributed by atoms with Gasteiger partial charge in [0.1, 0.15) is 0 Å². The fraction of sp³-hybridized carbons (Fsp3) is 0.368. The molecule has 5 aliphatic carbocycles. The van der Waals surface area contributed by atoms with Gasteiger partial charge in [-0.3, -0.25) is 0 Å². The minimum Gasteiger partial charge on any atom is -0.334 e. The first-order valence-electron chi connectivity index (χ1n) is 30.1. The highest BCUT2D eigenvalue weighted by atomic mass is 15.2. The summed E-state index contributed by atoms with van der Waals surface area (Å²) in [6.07, 6.45) is 21.2. The highest BCUT2D eigenvalue weighted by Gasteiger charge is 2.38. The second kappa shape index (κ2) is 19.0.